The van der Waals surface area contributed by atoms with Crippen LogP contribution in [0.5, 0.6) is 11.5 Å². The summed E-state index contributed by atoms with van der Waals surface area (Å²) in [5, 5.41) is 3.41. The number of benzene rings is 1. The largest absolute Gasteiger partial charge is 0.497 e. The van der Waals surface area contributed by atoms with E-state index in [0.29, 0.717) is 6.04 Å². The minimum absolute atomic E-state index is 0.685. The maximum absolute atomic E-state index is 5.72. The molecule has 1 atom stereocenters. The van der Waals surface area contributed by atoms with Crippen molar-refractivity contribution >= 4 is 0 Å². The molecular weight excluding hydrogens is 226 g/mol. The van der Waals surface area contributed by atoms with E-state index in [0.717, 1.165) is 30.4 Å². The highest BCUT2D eigenvalue weighted by atomic mass is 16.5. The van der Waals surface area contributed by atoms with E-state index in [-0.39, 0.29) is 0 Å². The van der Waals surface area contributed by atoms with Gasteiger partial charge in [0.1, 0.15) is 11.5 Å². The predicted octanol–water partition coefficient (Wildman–Crippen LogP) is 2.85. The molecule has 1 aliphatic rings. The van der Waals surface area contributed by atoms with Crippen molar-refractivity contribution in [3.63, 3.8) is 0 Å². The van der Waals surface area contributed by atoms with Crippen LogP contribution < -0.4 is 14.8 Å². The first kappa shape index (κ1) is 13.2. The first-order valence-corrected chi connectivity index (χ1v) is 6.77. The quantitative estimate of drug-likeness (QED) is 0.719. The smallest absolute Gasteiger partial charge is 0.119 e. The molecule has 1 N–H and O–H groups in total. The Morgan fingerprint density at radius 3 is 2.44 bits per heavy atom. The average Bonchev–Trinajstić information content (AvgIpc) is 3.24. The van der Waals surface area contributed by atoms with Gasteiger partial charge in [-0.3, -0.25) is 0 Å². The summed E-state index contributed by atoms with van der Waals surface area (Å²) in [6.07, 6.45) is 5.10. The zero-order valence-electron chi connectivity index (χ0n) is 11.3. The van der Waals surface area contributed by atoms with Crippen LogP contribution in [0.1, 0.15) is 25.7 Å². The molecule has 1 aliphatic carbocycles. The van der Waals surface area contributed by atoms with Gasteiger partial charge in [-0.05, 0) is 62.9 Å². The van der Waals surface area contributed by atoms with Crippen molar-refractivity contribution in [2.45, 2.75) is 31.7 Å². The van der Waals surface area contributed by atoms with Gasteiger partial charge in [0.2, 0.25) is 0 Å². The van der Waals surface area contributed by atoms with Crippen molar-refractivity contribution < 1.29 is 9.47 Å². The topological polar surface area (TPSA) is 30.5 Å². The summed E-state index contributed by atoms with van der Waals surface area (Å²) in [6, 6.07) is 8.45. The molecule has 0 heterocycles. The highest BCUT2D eigenvalue weighted by molar-refractivity contribution is 5.31. The minimum Gasteiger partial charge on any atom is -0.497 e. The molecular formula is C15H23NO2. The zero-order valence-corrected chi connectivity index (χ0v) is 11.3. The number of ether oxygens (including phenoxy) is 2. The van der Waals surface area contributed by atoms with E-state index in [2.05, 4.69) is 12.4 Å². The second kappa shape index (κ2) is 6.64. The van der Waals surface area contributed by atoms with E-state index < -0.39 is 0 Å². The third-order valence-electron chi connectivity index (χ3n) is 3.55. The van der Waals surface area contributed by atoms with E-state index in [1.54, 1.807) is 7.11 Å². The molecule has 1 saturated carbocycles. The van der Waals surface area contributed by atoms with Crippen LogP contribution in [-0.2, 0) is 0 Å². The molecule has 3 heteroatoms. The molecule has 0 aliphatic heterocycles. The lowest BCUT2D eigenvalue weighted by atomic mass is 10.1. The third kappa shape index (κ3) is 3.91. The number of rotatable bonds is 8. The van der Waals surface area contributed by atoms with E-state index in [4.69, 9.17) is 9.47 Å². The molecule has 3 nitrogen and oxygen atoms in total. The standard InChI is InChI=1S/C15H23NO2/c1-16-15(12-5-6-12)4-3-11-18-14-9-7-13(17-2)8-10-14/h7-10,12,15-16H,3-6,11H2,1-2H3. The SMILES string of the molecule is CNC(CCCOc1ccc(OC)cc1)C1CC1. The zero-order chi connectivity index (χ0) is 12.8. The Balaban J connectivity index is 1.64. The maximum atomic E-state index is 5.72. The Bertz CT molecular complexity index is 346. The molecule has 0 spiro atoms. The number of nitrogens with one attached hydrogen (secondary N) is 1. The molecule has 0 radical (unpaired) electrons. The molecule has 100 valence electrons. The van der Waals surface area contributed by atoms with Crippen LogP contribution in [0.2, 0.25) is 0 Å². The van der Waals surface area contributed by atoms with E-state index in [1.165, 1.54) is 19.3 Å². The fraction of sp³-hybridized carbons (Fsp3) is 0.600. The fourth-order valence-corrected chi connectivity index (χ4v) is 2.28. The second-order valence-corrected chi connectivity index (χ2v) is 4.90. The Morgan fingerprint density at radius 2 is 1.89 bits per heavy atom. The van der Waals surface area contributed by atoms with Crippen molar-refractivity contribution in [1.82, 2.24) is 5.32 Å². The van der Waals surface area contributed by atoms with Crippen LogP contribution in [0.4, 0.5) is 0 Å². The summed E-state index contributed by atoms with van der Waals surface area (Å²) in [6.45, 7) is 0.789. The molecule has 1 aromatic rings. The molecule has 1 unspecified atom stereocenters. The Hall–Kier alpha value is -1.22. The summed E-state index contributed by atoms with van der Waals surface area (Å²) in [7, 11) is 3.74. The van der Waals surface area contributed by atoms with Gasteiger partial charge < -0.3 is 14.8 Å². The lowest BCUT2D eigenvalue weighted by molar-refractivity contribution is 0.292. The number of hydrogen-bond acceptors (Lipinski definition) is 3. The van der Waals surface area contributed by atoms with Gasteiger partial charge in [-0.2, -0.15) is 0 Å². The van der Waals surface area contributed by atoms with Crippen LogP contribution in [0.15, 0.2) is 24.3 Å². The summed E-state index contributed by atoms with van der Waals surface area (Å²) < 4.78 is 10.8. The minimum atomic E-state index is 0.685. The van der Waals surface area contributed by atoms with Crippen LogP contribution in [0.3, 0.4) is 0 Å². The van der Waals surface area contributed by atoms with Gasteiger partial charge in [0.05, 0.1) is 13.7 Å². The summed E-state index contributed by atoms with van der Waals surface area (Å²) in [4.78, 5) is 0. The molecule has 0 bridgehead atoms. The lowest BCUT2D eigenvalue weighted by Crippen LogP contribution is -2.27. The number of methoxy groups -OCH3 is 1. The fourth-order valence-electron chi connectivity index (χ4n) is 2.28. The molecule has 18 heavy (non-hydrogen) atoms. The second-order valence-electron chi connectivity index (χ2n) is 4.90. The third-order valence-corrected chi connectivity index (χ3v) is 3.55. The highest BCUT2D eigenvalue weighted by Crippen LogP contribution is 2.34. The van der Waals surface area contributed by atoms with Crippen molar-refractivity contribution in [2.24, 2.45) is 5.92 Å². The van der Waals surface area contributed by atoms with Gasteiger partial charge in [0.15, 0.2) is 0 Å². The van der Waals surface area contributed by atoms with E-state index >= 15 is 0 Å². The summed E-state index contributed by atoms with van der Waals surface area (Å²) in [5.74, 6) is 2.70. The molecule has 0 saturated heterocycles. The molecule has 1 aromatic carbocycles. The lowest BCUT2D eigenvalue weighted by Gasteiger charge is -2.15. The van der Waals surface area contributed by atoms with Crippen LogP contribution >= 0.6 is 0 Å². The van der Waals surface area contributed by atoms with Gasteiger partial charge >= 0.3 is 0 Å². The van der Waals surface area contributed by atoms with Gasteiger partial charge in [0, 0.05) is 6.04 Å². The van der Waals surface area contributed by atoms with Gasteiger partial charge in [0.25, 0.3) is 0 Å². The van der Waals surface area contributed by atoms with Crippen LogP contribution in [0.25, 0.3) is 0 Å². The van der Waals surface area contributed by atoms with Gasteiger partial charge in [-0.15, -0.1) is 0 Å². The Labute approximate surface area is 109 Å². The Kier molecular flexibility index (Phi) is 4.88. The van der Waals surface area contributed by atoms with Crippen LogP contribution in [-0.4, -0.2) is 26.8 Å². The van der Waals surface area contributed by atoms with Crippen LogP contribution in [0, 0.1) is 5.92 Å². The highest BCUT2D eigenvalue weighted by Gasteiger charge is 2.29. The summed E-state index contributed by atoms with van der Waals surface area (Å²) >= 11 is 0. The molecule has 1 fully saturated rings. The predicted molar refractivity (Wildman–Crippen MR) is 73.3 cm³/mol. The first-order valence-electron chi connectivity index (χ1n) is 6.77. The normalized spacial score (nSPS) is 16.3. The van der Waals surface area contributed by atoms with Crippen molar-refractivity contribution in [3.8, 4) is 11.5 Å². The molecule has 2 rings (SSSR count). The van der Waals surface area contributed by atoms with Crippen molar-refractivity contribution in [2.75, 3.05) is 20.8 Å². The van der Waals surface area contributed by atoms with Gasteiger partial charge in [-0.25, -0.2) is 0 Å². The van der Waals surface area contributed by atoms with Crippen molar-refractivity contribution in [1.29, 1.82) is 0 Å². The van der Waals surface area contributed by atoms with E-state index in [9.17, 15) is 0 Å². The Morgan fingerprint density at radius 1 is 1.22 bits per heavy atom. The first-order chi connectivity index (χ1) is 8.83. The van der Waals surface area contributed by atoms with Gasteiger partial charge in [-0.1, -0.05) is 0 Å². The average molecular weight is 249 g/mol. The monoisotopic (exact) mass is 249 g/mol. The summed E-state index contributed by atoms with van der Waals surface area (Å²) in [5.41, 5.74) is 0. The van der Waals surface area contributed by atoms with E-state index in [1.807, 2.05) is 24.3 Å². The molecule has 0 amide bonds. The number of hydrogen-bond donors (Lipinski definition) is 1. The molecule has 0 aromatic heterocycles. The maximum Gasteiger partial charge on any atom is 0.119 e. The van der Waals surface area contributed by atoms with Crippen molar-refractivity contribution in [3.05, 3.63) is 24.3 Å².